The summed E-state index contributed by atoms with van der Waals surface area (Å²) in [5, 5.41) is 20.8. The van der Waals surface area contributed by atoms with Gasteiger partial charge in [0.15, 0.2) is 5.82 Å². The van der Waals surface area contributed by atoms with E-state index < -0.39 is 17.5 Å². The molecule has 3 aromatic rings. The summed E-state index contributed by atoms with van der Waals surface area (Å²) in [6.07, 6.45) is -0.0447. The SMILES string of the molecule is Cc1cc(C(F)(F)F)cc(O)c1-c1ccc(Nc2cncnc2)nn1. The zero-order valence-electron chi connectivity index (χ0n) is 12.9. The molecule has 2 N–H and O–H groups in total. The molecule has 2 heterocycles. The Hall–Kier alpha value is -3.23. The number of rotatable bonds is 3. The van der Waals surface area contributed by atoms with Gasteiger partial charge in [0, 0.05) is 5.56 Å². The lowest BCUT2D eigenvalue weighted by atomic mass is 10.0. The van der Waals surface area contributed by atoms with E-state index in [0.717, 1.165) is 6.07 Å². The van der Waals surface area contributed by atoms with Gasteiger partial charge < -0.3 is 10.4 Å². The molecule has 0 aliphatic carbocycles. The smallest absolute Gasteiger partial charge is 0.416 e. The third-order valence-electron chi connectivity index (χ3n) is 3.40. The summed E-state index contributed by atoms with van der Waals surface area (Å²) in [6.45, 7) is 1.47. The molecule has 0 amide bonds. The molecule has 1 aromatic carbocycles. The minimum absolute atomic E-state index is 0.204. The van der Waals surface area contributed by atoms with Crippen LogP contribution in [0.3, 0.4) is 0 Å². The molecule has 3 rings (SSSR count). The van der Waals surface area contributed by atoms with Gasteiger partial charge in [0.25, 0.3) is 0 Å². The van der Waals surface area contributed by atoms with Crippen molar-refractivity contribution in [1.82, 2.24) is 20.2 Å². The molecule has 6 nitrogen and oxygen atoms in total. The number of phenols is 1. The molecular formula is C16H12F3N5O. The molecule has 0 saturated heterocycles. The highest BCUT2D eigenvalue weighted by molar-refractivity contribution is 5.71. The molecule has 128 valence electrons. The van der Waals surface area contributed by atoms with Crippen molar-refractivity contribution in [2.45, 2.75) is 13.1 Å². The van der Waals surface area contributed by atoms with Crippen LogP contribution in [0.1, 0.15) is 11.1 Å². The zero-order valence-corrected chi connectivity index (χ0v) is 12.9. The average Bonchev–Trinajstić information content (AvgIpc) is 2.56. The maximum Gasteiger partial charge on any atom is 0.416 e. The number of aryl methyl sites for hydroxylation is 1. The predicted molar refractivity (Wildman–Crippen MR) is 84.2 cm³/mol. The Kier molecular flexibility index (Phi) is 4.22. The molecule has 0 fully saturated rings. The number of benzene rings is 1. The Bertz CT molecular complexity index is 860. The topological polar surface area (TPSA) is 83.8 Å². The van der Waals surface area contributed by atoms with E-state index in [1.807, 2.05) is 0 Å². The summed E-state index contributed by atoms with van der Waals surface area (Å²) in [5.74, 6) is -0.0959. The van der Waals surface area contributed by atoms with Gasteiger partial charge in [0.05, 0.1) is 29.3 Å². The highest BCUT2D eigenvalue weighted by atomic mass is 19.4. The van der Waals surface area contributed by atoms with Crippen LogP contribution in [0.25, 0.3) is 11.3 Å². The lowest BCUT2D eigenvalue weighted by Crippen LogP contribution is -2.06. The number of aromatic nitrogens is 4. The number of alkyl halides is 3. The first-order valence-corrected chi connectivity index (χ1v) is 7.11. The van der Waals surface area contributed by atoms with E-state index in [0.29, 0.717) is 17.6 Å². The third-order valence-corrected chi connectivity index (χ3v) is 3.40. The molecule has 0 unspecified atom stereocenters. The summed E-state index contributed by atoms with van der Waals surface area (Å²) in [5.41, 5.74) is 0.409. The summed E-state index contributed by atoms with van der Waals surface area (Å²) in [7, 11) is 0. The monoisotopic (exact) mass is 347 g/mol. The molecule has 0 atom stereocenters. The molecule has 0 aliphatic rings. The van der Waals surface area contributed by atoms with Gasteiger partial charge in [-0.2, -0.15) is 13.2 Å². The van der Waals surface area contributed by atoms with Crippen molar-refractivity contribution in [3.8, 4) is 17.0 Å². The van der Waals surface area contributed by atoms with Gasteiger partial charge in [0.2, 0.25) is 0 Å². The lowest BCUT2D eigenvalue weighted by molar-refractivity contribution is -0.137. The van der Waals surface area contributed by atoms with Crippen LogP contribution in [0.15, 0.2) is 43.0 Å². The lowest BCUT2D eigenvalue weighted by Gasteiger charge is -2.13. The molecule has 0 bridgehead atoms. The molecule has 0 radical (unpaired) electrons. The fourth-order valence-electron chi connectivity index (χ4n) is 2.31. The molecule has 2 aromatic heterocycles. The number of aromatic hydroxyl groups is 1. The standard InChI is InChI=1S/C16H12F3N5O/c1-9-4-10(16(17,18)19)5-13(25)15(9)12-2-3-14(24-23-12)22-11-6-20-8-21-7-11/h2-8,25H,1H3,(H,22,24). The highest BCUT2D eigenvalue weighted by Gasteiger charge is 2.32. The van der Waals surface area contributed by atoms with Crippen molar-refractivity contribution in [1.29, 1.82) is 0 Å². The van der Waals surface area contributed by atoms with Crippen molar-refractivity contribution in [2.24, 2.45) is 0 Å². The number of hydrogen-bond acceptors (Lipinski definition) is 6. The molecule has 9 heteroatoms. The maximum atomic E-state index is 12.8. The molecule has 0 spiro atoms. The van der Waals surface area contributed by atoms with E-state index in [1.54, 1.807) is 24.5 Å². The van der Waals surface area contributed by atoms with Crippen molar-refractivity contribution < 1.29 is 18.3 Å². The van der Waals surface area contributed by atoms with Crippen LogP contribution in [0.2, 0.25) is 0 Å². The summed E-state index contributed by atoms with van der Waals surface area (Å²) in [4.78, 5) is 7.70. The second kappa shape index (κ2) is 6.34. The second-order valence-electron chi connectivity index (χ2n) is 5.24. The zero-order chi connectivity index (χ0) is 18.0. The van der Waals surface area contributed by atoms with Crippen molar-refractivity contribution in [2.75, 3.05) is 5.32 Å². The predicted octanol–water partition coefficient (Wildman–Crippen LogP) is 3.71. The van der Waals surface area contributed by atoms with Crippen LogP contribution in [0, 0.1) is 6.92 Å². The number of nitrogens with zero attached hydrogens (tertiary/aromatic N) is 4. The van der Waals surface area contributed by atoms with E-state index in [1.165, 1.54) is 13.3 Å². The number of halogens is 3. The third kappa shape index (κ3) is 3.65. The van der Waals surface area contributed by atoms with Crippen LogP contribution >= 0.6 is 0 Å². The van der Waals surface area contributed by atoms with Crippen LogP contribution in [0.4, 0.5) is 24.7 Å². The first-order chi connectivity index (χ1) is 11.8. The van der Waals surface area contributed by atoms with Gasteiger partial charge in [-0.1, -0.05) is 0 Å². The van der Waals surface area contributed by atoms with Gasteiger partial charge in [-0.25, -0.2) is 9.97 Å². The fraction of sp³-hybridized carbons (Fsp3) is 0.125. The molecule has 0 saturated carbocycles. The number of phenolic OH excluding ortho intramolecular Hbond substituents is 1. The van der Waals surface area contributed by atoms with Gasteiger partial charge in [-0.05, 0) is 36.8 Å². The van der Waals surface area contributed by atoms with Crippen LogP contribution < -0.4 is 5.32 Å². The molecular weight excluding hydrogens is 335 g/mol. The highest BCUT2D eigenvalue weighted by Crippen LogP contribution is 2.38. The van der Waals surface area contributed by atoms with Crippen molar-refractivity contribution >= 4 is 11.5 Å². The number of anilines is 2. The van der Waals surface area contributed by atoms with E-state index in [9.17, 15) is 18.3 Å². The van der Waals surface area contributed by atoms with Gasteiger partial charge in [-0.3, -0.25) is 0 Å². The van der Waals surface area contributed by atoms with E-state index >= 15 is 0 Å². The van der Waals surface area contributed by atoms with Gasteiger partial charge >= 0.3 is 6.18 Å². The van der Waals surface area contributed by atoms with Gasteiger partial charge in [-0.15, -0.1) is 10.2 Å². The van der Waals surface area contributed by atoms with Crippen LogP contribution in [0.5, 0.6) is 5.75 Å². The quantitative estimate of drug-likeness (QED) is 0.751. The summed E-state index contributed by atoms with van der Waals surface area (Å²) < 4.78 is 38.4. The first kappa shape index (κ1) is 16.6. The minimum atomic E-state index is -4.53. The van der Waals surface area contributed by atoms with Crippen molar-refractivity contribution in [3.05, 3.63) is 54.1 Å². The van der Waals surface area contributed by atoms with Crippen LogP contribution in [-0.2, 0) is 6.18 Å². The van der Waals surface area contributed by atoms with E-state index in [2.05, 4.69) is 25.5 Å². The number of hydrogen-bond donors (Lipinski definition) is 2. The van der Waals surface area contributed by atoms with Crippen LogP contribution in [-0.4, -0.2) is 25.3 Å². The molecule has 0 aliphatic heterocycles. The fourth-order valence-corrected chi connectivity index (χ4v) is 2.31. The Morgan fingerprint density at radius 3 is 2.32 bits per heavy atom. The Balaban J connectivity index is 1.90. The number of nitrogens with one attached hydrogen (secondary N) is 1. The largest absolute Gasteiger partial charge is 0.507 e. The van der Waals surface area contributed by atoms with Crippen molar-refractivity contribution in [3.63, 3.8) is 0 Å². The first-order valence-electron chi connectivity index (χ1n) is 7.11. The average molecular weight is 347 g/mol. The Labute approximate surface area is 140 Å². The van der Waals surface area contributed by atoms with Gasteiger partial charge in [0.1, 0.15) is 12.1 Å². The summed E-state index contributed by atoms with van der Waals surface area (Å²) >= 11 is 0. The maximum absolute atomic E-state index is 12.8. The van der Waals surface area contributed by atoms with E-state index in [-0.39, 0.29) is 16.8 Å². The second-order valence-corrected chi connectivity index (χ2v) is 5.24. The Morgan fingerprint density at radius 1 is 1.04 bits per heavy atom. The van der Waals surface area contributed by atoms with E-state index in [4.69, 9.17) is 0 Å². The normalized spacial score (nSPS) is 11.4. The minimum Gasteiger partial charge on any atom is -0.507 e. The molecule has 25 heavy (non-hydrogen) atoms. The summed E-state index contributed by atoms with van der Waals surface area (Å²) in [6, 6.07) is 4.78. The Morgan fingerprint density at radius 2 is 1.76 bits per heavy atom.